The molecule has 41 heavy (non-hydrogen) atoms. The number of pyridine rings is 1. The number of benzene rings is 2. The highest BCUT2D eigenvalue weighted by molar-refractivity contribution is 5.95. The summed E-state index contributed by atoms with van der Waals surface area (Å²) in [5, 5.41) is 2.49. The highest BCUT2D eigenvalue weighted by Crippen LogP contribution is 2.36. The summed E-state index contributed by atoms with van der Waals surface area (Å²) in [6.07, 6.45) is -4.51. The van der Waals surface area contributed by atoms with Crippen LogP contribution in [-0.2, 0) is 11.0 Å². The van der Waals surface area contributed by atoms with E-state index in [2.05, 4.69) is 10.3 Å². The Hall–Kier alpha value is -4.26. The van der Waals surface area contributed by atoms with Crippen molar-refractivity contribution in [3.05, 3.63) is 87.1 Å². The van der Waals surface area contributed by atoms with Crippen LogP contribution in [0.15, 0.2) is 53.5 Å². The van der Waals surface area contributed by atoms with E-state index in [4.69, 9.17) is 10.5 Å². The number of likely N-dealkylation sites (tertiary alicyclic amines) is 1. The van der Waals surface area contributed by atoms with Crippen molar-refractivity contribution in [2.45, 2.75) is 25.2 Å². The molecule has 2 amide bonds. The van der Waals surface area contributed by atoms with Gasteiger partial charge >= 0.3 is 6.18 Å². The Balaban J connectivity index is 1.69. The lowest BCUT2D eigenvalue weighted by molar-refractivity contribution is -0.137. The molecule has 1 unspecified atom stereocenters. The van der Waals surface area contributed by atoms with Gasteiger partial charge in [-0.25, -0.2) is 8.78 Å². The van der Waals surface area contributed by atoms with Gasteiger partial charge in [-0.3, -0.25) is 19.3 Å². The number of nitrogens with one attached hydrogen (secondary N) is 2. The summed E-state index contributed by atoms with van der Waals surface area (Å²) in [5.74, 6) is -4.43. The third-order valence-corrected chi connectivity index (χ3v) is 6.60. The molecular formula is C28H27F5N4O4. The van der Waals surface area contributed by atoms with E-state index in [0.717, 1.165) is 12.1 Å². The molecule has 13 heteroatoms. The van der Waals surface area contributed by atoms with Gasteiger partial charge in [-0.15, -0.1) is 0 Å². The molecule has 1 aliphatic heterocycles. The number of nitrogens with two attached hydrogens (primary N) is 1. The predicted molar refractivity (Wildman–Crippen MR) is 140 cm³/mol. The third-order valence-electron chi connectivity index (χ3n) is 6.60. The first-order valence-corrected chi connectivity index (χ1v) is 12.7. The van der Waals surface area contributed by atoms with Crippen molar-refractivity contribution in [3.63, 3.8) is 0 Å². The maximum absolute atomic E-state index is 15.5. The number of carbonyl (C=O) groups is 2. The molecule has 2 heterocycles. The number of primary amides is 1. The van der Waals surface area contributed by atoms with Gasteiger partial charge < -0.3 is 20.8 Å². The number of hydrogen-bond donors (Lipinski definition) is 3. The highest BCUT2D eigenvalue weighted by atomic mass is 19.4. The number of ether oxygens (including phenoxy) is 1. The van der Waals surface area contributed by atoms with Crippen molar-refractivity contribution < 1.29 is 36.3 Å². The minimum Gasteiger partial charge on any atom is -0.493 e. The topological polar surface area (TPSA) is 118 Å². The predicted octanol–water partition coefficient (Wildman–Crippen LogP) is 3.60. The zero-order chi connectivity index (χ0) is 29.9. The molecule has 1 aliphatic rings. The van der Waals surface area contributed by atoms with Gasteiger partial charge in [0.2, 0.25) is 5.91 Å². The molecule has 0 bridgehead atoms. The van der Waals surface area contributed by atoms with Crippen molar-refractivity contribution in [1.29, 1.82) is 0 Å². The fourth-order valence-electron chi connectivity index (χ4n) is 4.61. The fourth-order valence-corrected chi connectivity index (χ4v) is 4.61. The fraction of sp³-hybridized carbons (Fsp3) is 0.321. The normalized spacial score (nSPS) is 14.8. The first-order chi connectivity index (χ1) is 19.4. The number of alkyl halides is 4. The second-order valence-electron chi connectivity index (χ2n) is 9.53. The van der Waals surface area contributed by atoms with Gasteiger partial charge in [0.15, 0.2) is 0 Å². The van der Waals surface area contributed by atoms with Crippen molar-refractivity contribution in [2.24, 2.45) is 5.73 Å². The highest BCUT2D eigenvalue weighted by Gasteiger charge is 2.34. The van der Waals surface area contributed by atoms with E-state index in [9.17, 15) is 31.9 Å². The molecule has 218 valence electrons. The van der Waals surface area contributed by atoms with Gasteiger partial charge in [-0.2, -0.15) is 13.2 Å². The molecular weight excluding hydrogens is 551 g/mol. The summed E-state index contributed by atoms with van der Waals surface area (Å²) in [7, 11) is 0. The molecule has 1 fully saturated rings. The molecule has 4 rings (SSSR count). The first kappa shape index (κ1) is 29.7. The number of carbonyl (C=O) groups excluding carboxylic acids is 2. The molecule has 0 spiro atoms. The maximum atomic E-state index is 15.5. The van der Waals surface area contributed by atoms with Crippen molar-refractivity contribution in [2.75, 3.05) is 32.8 Å². The smallest absolute Gasteiger partial charge is 0.416 e. The van der Waals surface area contributed by atoms with E-state index in [1.165, 1.54) is 24.4 Å². The monoisotopic (exact) mass is 578 g/mol. The van der Waals surface area contributed by atoms with Crippen LogP contribution in [0.5, 0.6) is 5.75 Å². The van der Waals surface area contributed by atoms with E-state index in [1.807, 2.05) is 0 Å². The second kappa shape index (κ2) is 12.1. The van der Waals surface area contributed by atoms with Crippen molar-refractivity contribution >= 4 is 11.8 Å². The van der Waals surface area contributed by atoms with Crippen LogP contribution in [0.2, 0.25) is 0 Å². The number of aromatic amines is 1. The standard InChI is InChI=1S/C28H27F5N4O4/c1-2-41-23-11-24(38)36-12-21(23)15-3-4-20(22(30)10-15)25(26(34)39)16-7-17(9-18(8-16)28(31,32)33)27(40)35-5-6-37-13-19(29)14-37/h3-4,7-12,19,25H,2,5-6,13-14H2,1H3,(H2,34,39)(H,35,40)(H,36,38). The van der Waals surface area contributed by atoms with Gasteiger partial charge in [-0.05, 0) is 42.3 Å². The SMILES string of the molecule is CCOc1cc(=O)[nH]cc1-c1ccc(C(C(N)=O)c2cc(C(=O)NCCN3CC(F)C3)cc(C(F)(F)F)c2)c(F)c1. The molecule has 0 aliphatic carbocycles. The van der Waals surface area contributed by atoms with Crippen molar-refractivity contribution in [1.82, 2.24) is 15.2 Å². The molecule has 3 aromatic rings. The van der Waals surface area contributed by atoms with Crippen LogP contribution in [0.3, 0.4) is 0 Å². The lowest BCUT2D eigenvalue weighted by Gasteiger charge is -2.34. The number of rotatable bonds is 10. The summed E-state index contributed by atoms with van der Waals surface area (Å²) in [6, 6.07) is 7.17. The number of amides is 2. The van der Waals surface area contributed by atoms with Crippen LogP contribution in [0.25, 0.3) is 11.1 Å². The molecule has 0 radical (unpaired) electrons. The quantitative estimate of drug-likeness (QED) is 0.318. The van der Waals surface area contributed by atoms with E-state index < -0.39 is 52.6 Å². The van der Waals surface area contributed by atoms with Crippen molar-refractivity contribution in [3.8, 4) is 16.9 Å². The summed E-state index contributed by atoms with van der Waals surface area (Å²) in [6.45, 7) is 2.71. The largest absolute Gasteiger partial charge is 0.493 e. The second-order valence-corrected chi connectivity index (χ2v) is 9.53. The number of halogens is 5. The van der Waals surface area contributed by atoms with Crippen LogP contribution in [0.1, 0.15) is 39.9 Å². The summed E-state index contributed by atoms with van der Waals surface area (Å²) in [5.41, 5.74) is 3.44. The summed E-state index contributed by atoms with van der Waals surface area (Å²) < 4.78 is 75.2. The summed E-state index contributed by atoms with van der Waals surface area (Å²) in [4.78, 5) is 41.1. The van der Waals surface area contributed by atoms with E-state index in [-0.39, 0.29) is 48.7 Å². The minimum atomic E-state index is -4.89. The van der Waals surface area contributed by atoms with Crippen LogP contribution < -0.4 is 21.3 Å². The Morgan fingerprint density at radius 2 is 1.90 bits per heavy atom. The average molecular weight is 579 g/mol. The van der Waals surface area contributed by atoms with Gasteiger partial charge in [0.25, 0.3) is 11.5 Å². The Morgan fingerprint density at radius 1 is 1.17 bits per heavy atom. The van der Waals surface area contributed by atoms with Crippen LogP contribution in [0.4, 0.5) is 22.0 Å². The minimum absolute atomic E-state index is 0.0565. The van der Waals surface area contributed by atoms with Gasteiger partial charge in [0.1, 0.15) is 17.7 Å². The molecule has 0 saturated carbocycles. The Labute approximate surface area is 231 Å². The summed E-state index contributed by atoms with van der Waals surface area (Å²) >= 11 is 0. The number of hydrogen-bond acceptors (Lipinski definition) is 5. The number of H-pyrrole nitrogens is 1. The lowest BCUT2D eigenvalue weighted by atomic mass is 9.87. The van der Waals surface area contributed by atoms with Crippen LogP contribution in [0, 0.1) is 5.82 Å². The molecule has 2 aromatic carbocycles. The Bertz CT molecular complexity index is 1500. The van der Waals surface area contributed by atoms with Crippen LogP contribution >= 0.6 is 0 Å². The Kier molecular flexibility index (Phi) is 8.76. The number of aromatic nitrogens is 1. The number of nitrogens with zero attached hydrogens (tertiary/aromatic N) is 1. The maximum Gasteiger partial charge on any atom is 0.416 e. The molecule has 1 aromatic heterocycles. The third kappa shape index (κ3) is 6.91. The van der Waals surface area contributed by atoms with E-state index >= 15 is 4.39 Å². The molecule has 1 saturated heterocycles. The van der Waals surface area contributed by atoms with Gasteiger partial charge in [0, 0.05) is 55.1 Å². The van der Waals surface area contributed by atoms with Gasteiger partial charge in [-0.1, -0.05) is 12.1 Å². The lowest BCUT2D eigenvalue weighted by Crippen LogP contribution is -2.50. The zero-order valence-corrected chi connectivity index (χ0v) is 21.9. The Morgan fingerprint density at radius 3 is 2.51 bits per heavy atom. The van der Waals surface area contributed by atoms with Gasteiger partial charge in [0.05, 0.1) is 18.1 Å². The average Bonchev–Trinajstić information content (AvgIpc) is 2.88. The van der Waals surface area contributed by atoms with E-state index in [0.29, 0.717) is 24.2 Å². The molecule has 1 atom stereocenters. The van der Waals surface area contributed by atoms with Crippen LogP contribution in [-0.4, -0.2) is 60.7 Å². The first-order valence-electron chi connectivity index (χ1n) is 12.7. The van der Waals surface area contributed by atoms with E-state index in [1.54, 1.807) is 11.8 Å². The molecule has 4 N–H and O–H groups in total. The zero-order valence-electron chi connectivity index (χ0n) is 21.9. The molecule has 8 nitrogen and oxygen atoms in total.